The summed E-state index contributed by atoms with van der Waals surface area (Å²) in [6.45, 7) is 0.223. The molecule has 9 nitrogen and oxygen atoms in total. The molecule has 1 aliphatic rings. The molecule has 1 aliphatic heterocycles. The van der Waals surface area contributed by atoms with Crippen LogP contribution >= 0.6 is 0 Å². The van der Waals surface area contributed by atoms with Gasteiger partial charge in [-0.15, -0.1) is 0 Å². The van der Waals surface area contributed by atoms with Gasteiger partial charge >= 0.3 is 5.97 Å². The lowest BCUT2D eigenvalue weighted by Gasteiger charge is -2.43. The number of carbonyl (C=O) groups excluding carboxylic acids is 1. The second kappa shape index (κ2) is 6.12. The Kier molecular flexibility index (Phi) is 5.19. The van der Waals surface area contributed by atoms with Crippen LogP contribution in [0.15, 0.2) is 0 Å². The molecule has 1 rings (SSSR count). The quantitative estimate of drug-likeness (QED) is 0.307. The summed E-state index contributed by atoms with van der Waals surface area (Å²) in [6.07, 6.45) is -7.57. The molecule has 6 unspecified atom stereocenters. The average Bonchev–Trinajstić information content (AvgIpc) is 2.35. The normalized spacial score (nSPS) is 37.2. The first kappa shape index (κ1) is 17.0. The van der Waals surface area contributed by atoms with E-state index in [1.165, 1.54) is 0 Å². The standard InChI is InChI=1S/C11H18O9/c1-4(13)7-5(14)2-11(19,10(17)18)20-9(7)8(16)6(15)3-12/h5-9,12,14-16,19H,2-3H2,1H3,(H,17,18). The van der Waals surface area contributed by atoms with E-state index in [2.05, 4.69) is 0 Å². The van der Waals surface area contributed by atoms with E-state index in [0.717, 1.165) is 6.92 Å². The summed E-state index contributed by atoms with van der Waals surface area (Å²) in [5, 5.41) is 56.4. The maximum atomic E-state index is 11.5. The van der Waals surface area contributed by atoms with Crippen LogP contribution in [0.1, 0.15) is 13.3 Å². The number of aliphatic hydroxyl groups is 5. The first-order valence-corrected chi connectivity index (χ1v) is 5.93. The zero-order valence-corrected chi connectivity index (χ0v) is 10.7. The van der Waals surface area contributed by atoms with Crippen molar-refractivity contribution in [1.29, 1.82) is 0 Å². The largest absolute Gasteiger partial charge is 0.477 e. The summed E-state index contributed by atoms with van der Waals surface area (Å²) >= 11 is 0. The monoisotopic (exact) mass is 294 g/mol. The molecule has 9 heteroatoms. The molecule has 6 N–H and O–H groups in total. The van der Waals surface area contributed by atoms with Crippen LogP contribution in [0, 0.1) is 5.92 Å². The van der Waals surface area contributed by atoms with Gasteiger partial charge in [-0.05, 0) is 6.92 Å². The molecule has 0 saturated carbocycles. The minimum atomic E-state index is -2.79. The van der Waals surface area contributed by atoms with Crippen LogP contribution in [0.25, 0.3) is 0 Å². The molecule has 1 saturated heterocycles. The summed E-state index contributed by atoms with van der Waals surface area (Å²) in [4.78, 5) is 22.4. The van der Waals surface area contributed by atoms with Crippen LogP contribution in [-0.4, -0.2) is 79.2 Å². The number of Topliss-reactive ketones (excluding diaryl/α,β-unsaturated/α-hetero) is 1. The fourth-order valence-electron chi connectivity index (χ4n) is 2.23. The van der Waals surface area contributed by atoms with E-state index in [1.54, 1.807) is 0 Å². The SMILES string of the molecule is CC(=O)C1C(O)CC(O)(C(=O)O)OC1C(O)C(O)CO. The molecular formula is C11H18O9. The molecule has 0 radical (unpaired) electrons. The highest BCUT2D eigenvalue weighted by Gasteiger charge is 2.54. The van der Waals surface area contributed by atoms with E-state index in [1.807, 2.05) is 0 Å². The van der Waals surface area contributed by atoms with Crippen LogP contribution in [0.2, 0.25) is 0 Å². The van der Waals surface area contributed by atoms with E-state index in [9.17, 15) is 30.0 Å². The van der Waals surface area contributed by atoms with Crippen molar-refractivity contribution in [2.75, 3.05) is 6.61 Å². The Labute approximate surface area is 114 Å². The van der Waals surface area contributed by atoms with Gasteiger partial charge in [-0.1, -0.05) is 0 Å². The summed E-state index contributed by atoms with van der Waals surface area (Å²) in [5.74, 6) is -6.52. The molecular weight excluding hydrogens is 276 g/mol. The number of aliphatic carboxylic acids is 1. The summed E-state index contributed by atoms with van der Waals surface area (Å²) in [5.41, 5.74) is 0. The Bertz CT molecular complexity index is 384. The maximum Gasteiger partial charge on any atom is 0.364 e. The minimum Gasteiger partial charge on any atom is -0.477 e. The first-order valence-electron chi connectivity index (χ1n) is 5.93. The number of hydrogen-bond acceptors (Lipinski definition) is 8. The van der Waals surface area contributed by atoms with Crippen molar-refractivity contribution in [3.05, 3.63) is 0 Å². The number of carboxylic acids is 1. The Balaban J connectivity index is 3.11. The van der Waals surface area contributed by atoms with Gasteiger partial charge in [-0.25, -0.2) is 4.79 Å². The van der Waals surface area contributed by atoms with Gasteiger partial charge in [0.1, 0.15) is 24.1 Å². The van der Waals surface area contributed by atoms with E-state index in [4.69, 9.17) is 14.9 Å². The molecule has 6 atom stereocenters. The third-order valence-electron chi connectivity index (χ3n) is 3.31. The maximum absolute atomic E-state index is 11.5. The van der Waals surface area contributed by atoms with Gasteiger partial charge in [-0.2, -0.15) is 0 Å². The van der Waals surface area contributed by atoms with E-state index in [0.29, 0.717) is 0 Å². The number of carbonyl (C=O) groups is 2. The average molecular weight is 294 g/mol. The highest BCUT2D eigenvalue weighted by Crippen LogP contribution is 2.34. The number of ketones is 1. The Morgan fingerprint density at radius 3 is 2.35 bits per heavy atom. The van der Waals surface area contributed by atoms with Gasteiger partial charge in [-0.3, -0.25) is 4.79 Å². The van der Waals surface area contributed by atoms with Crippen molar-refractivity contribution in [2.24, 2.45) is 5.92 Å². The zero-order valence-electron chi connectivity index (χ0n) is 10.7. The summed E-state index contributed by atoms with van der Waals surface area (Å²) in [6, 6.07) is 0. The molecule has 116 valence electrons. The highest BCUT2D eigenvalue weighted by atomic mass is 16.7. The number of rotatable bonds is 5. The zero-order chi connectivity index (χ0) is 15.7. The minimum absolute atomic E-state index is 0.612. The van der Waals surface area contributed by atoms with Crippen LogP contribution in [0.5, 0.6) is 0 Å². The molecule has 0 bridgehead atoms. The summed E-state index contributed by atoms with van der Waals surface area (Å²) < 4.78 is 4.82. The number of ether oxygens (including phenoxy) is 1. The van der Waals surface area contributed by atoms with Gasteiger partial charge in [0, 0.05) is 6.42 Å². The van der Waals surface area contributed by atoms with E-state index >= 15 is 0 Å². The molecule has 1 fully saturated rings. The van der Waals surface area contributed by atoms with Gasteiger partial charge in [0.15, 0.2) is 0 Å². The fraction of sp³-hybridized carbons (Fsp3) is 0.818. The lowest BCUT2D eigenvalue weighted by atomic mass is 9.81. The Hall–Kier alpha value is -1.10. The van der Waals surface area contributed by atoms with Crippen LogP contribution in [0.4, 0.5) is 0 Å². The number of aliphatic hydroxyl groups excluding tert-OH is 4. The van der Waals surface area contributed by atoms with Gasteiger partial charge in [0.2, 0.25) is 0 Å². The van der Waals surface area contributed by atoms with Crippen molar-refractivity contribution in [2.45, 2.75) is 43.5 Å². The second-order valence-electron chi connectivity index (χ2n) is 4.82. The predicted octanol–water partition coefficient (Wildman–Crippen LogP) is -3.17. The van der Waals surface area contributed by atoms with E-state index in [-0.39, 0.29) is 0 Å². The van der Waals surface area contributed by atoms with Gasteiger partial charge in [0.25, 0.3) is 5.79 Å². The van der Waals surface area contributed by atoms with Crippen LogP contribution < -0.4 is 0 Å². The van der Waals surface area contributed by atoms with E-state index < -0.39 is 60.9 Å². The van der Waals surface area contributed by atoms with Crippen LogP contribution in [-0.2, 0) is 14.3 Å². The Morgan fingerprint density at radius 1 is 1.40 bits per heavy atom. The topological polar surface area (TPSA) is 165 Å². The Morgan fingerprint density at radius 2 is 1.95 bits per heavy atom. The fourth-order valence-corrected chi connectivity index (χ4v) is 2.23. The molecule has 0 spiro atoms. The molecule has 0 amide bonds. The molecule has 0 aliphatic carbocycles. The lowest BCUT2D eigenvalue weighted by molar-refractivity contribution is -0.300. The van der Waals surface area contributed by atoms with Crippen molar-refractivity contribution in [3.8, 4) is 0 Å². The van der Waals surface area contributed by atoms with Crippen molar-refractivity contribution < 1.29 is 45.0 Å². The molecule has 0 aromatic carbocycles. The molecule has 20 heavy (non-hydrogen) atoms. The number of carboxylic acid groups (broad SMARTS) is 1. The van der Waals surface area contributed by atoms with Crippen molar-refractivity contribution in [3.63, 3.8) is 0 Å². The predicted molar refractivity (Wildman–Crippen MR) is 61.4 cm³/mol. The van der Waals surface area contributed by atoms with Crippen molar-refractivity contribution >= 4 is 11.8 Å². The van der Waals surface area contributed by atoms with Crippen LogP contribution in [0.3, 0.4) is 0 Å². The highest BCUT2D eigenvalue weighted by molar-refractivity contribution is 5.81. The molecule has 0 aromatic heterocycles. The van der Waals surface area contributed by atoms with Gasteiger partial charge < -0.3 is 35.4 Å². The smallest absolute Gasteiger partial charge is 0.364 e. The molecule has 0 aromatic rings. The lowest BCUT2D eigenvalue weighted by Crippen LogP contribution is -2.62. The summed E-state index contributed by atoms with van der Waals surface area (Å²) in [7, 11) is 0. The van der Waals surface area contributed by atoms with Crippen molar-refractivity contribution in [1.82, 2.24) is 0 Å². The molecule has 1 heterocycles. The van der Waals surface area contributed by atoms with Gasteiger partial charge in [0.05, 0.1) is 18.6 Å². The third kappa shape index (κ3) is 3.14. The third-order valence-corrected chi connectivity index (χ3v) is 3.31. The first-order chi connectivity index (χ1) is 9.14. The second-order valence-corrected chi connectivity index (χ2v) is 4.82. The number of hydrogen-bond donors (Lipinski definition) is 6.